The zero-order chi connectivity index (χ0) is 19.8. The quantitative estimate of drug-likeness (QED) is 0.578. The van der Waals surface area contributed by atoms with Crippen molar-refractivity contribution < 1.29 is 4.79 Å². The summed E-state index contributed by atoms with van der Waals surface area (Å²) in [5, 5.41) is 6.87. The molecule has 146 valence electrons. The maximum absolute atomic E-state index is 12.9. The Hall–Kier alpha value is -3.41. The van der Waals surface area contributed by atoms with Crippen LogP contribution in [0.15, 0.2) is 67.3 Å². The van der Waals surface area contributed by atoms with Crippen LogP contribution in [0.25, 0.3) is 22.2 Å². The molecule has 2 aromatic heterocycles. The summed E-state index contributed by atoms with van der Waals surface area (Å²) in [4.78, 5) is 19.5. The molecule has 6 heteroatoms. The zero-order valence-corrected chi connectivity index (χ0v) is 16.3. The Bertz CT molecular complexity index is 1130. The summed E-state index contributed by atoms with van der Waals surface area (Å²) in [6.45, 7) is 3.79. The molecule has 1 saturated heterocycles. The Labute approximate surface area is 169 Å². The van der Waals surface area contributed by atoms with Crippen LogP contribution in [-0.4, -0.2) is 43.1 Å². The number of nitrogens with zero attached hydrogens (tertiary/aromatic N) is 4. The second kappa shape index (κ2) is 7.20. The standard InChI is InChI=1S/C23H23N5O/c1-16-9-17(14-28(16)23(29)18-5-3-2-4-6-18)13-27-15-24-21-10-19(7-8-22(21)27)20-11-25-26-12-20/h2-8,10-12,15-17H,9,13-14H2,1H3,(H,25,26)/t16-,17-/m1/s1. The molecular formula is C23H23N5O. The van der Waals surface area contributed by atoms with E-state index in [0.29, 0.717) is 5.92 Å². The Balaban J connectivity index is 1.33. The number of H-pyrrole nitrogens is 1. The lowest BCUT2D eigenvalue weighted by Crippen LogP contribution is -2.34. The largest absolute Gasteiger partial charge is 0.336 e. The third kappa shape index (κ3) is 3.31. The van der Waals surface area contributed by atoms with Gasteiger partial charge in [-0.05, 0) is 49.1 Å². The molecule has 1 amide bonds. The van der Waals surface area contributed by atoms with Crippen molar-refractivity contribution >= 4 is 16.9 Å². The van der Waals surface area contributed by atoms with Gasteiger partial charge in [0.25, 0.3) is 5.91 Å². The number of aromatic nitrogens is 4. The van der Waals surface area contributed by atoms with Crippen molar-refractivity contribution in [1.29, 1.82) is 0 Å². The van der Waals surface area contributed by atoms with E-state index in [0.717, 1.165) is 47.2 Å². The van der Waals surface area contributed by atoms with Crippen LogP contribution in [-0.2, 0) is 6.54 Å². The number of amides is 1. The summed E-state index contributed by atoms with van der Waals surface area (Å²) in [6, 6.07) is 16.1. The van der Waals surface area contributed by atoms with Crippen molar-refractivity contribution in [2.75, 3.05) is 6.54 Å². The molecule has 0 radical (unpaired) electrons. The van der Waals surface area contributed by atoms with E-state index in [2.05, 4.69) is 44.9 Å². The van der Waals surface area contributed by atoms with Gasteiger partial charge in [-0.15, -0.1) is 0 Å². The van der Waals surface area contributed by atoms with Gasteiger partial charge in [-0.1, -0.05) is 24.3 Å². The van der Waals surface area contributed by atoms with Crippen molar-refractivity contribution in [3.8, 4) is 11.1 Å². The minimum atomic E-state index is 0.126. The minimum absolute atomic E-state index is 0.126. The monoisotopic (exact) mass is 385 g/mol. The number of hydrogen-bond acceptors (Lipinski definition) is 3. The lowest BCUT2D eigenvalue weighted by Gasteiger charge is -2.21. The number of likely N-dealkylation sites (tertiary alicyclic amines) is 1. The Morgan fingerprint density at radius 3 is 2.83 bits per heavy atom. The number of hydrogen-bond donors (Lipinski definition) is 1. The Morgan fingerprint density at radius 1 is 1.17 bits per heavy atom. The molecule has 4 aromatic rings. The average Bonchev–Trinajstić information content (AvgIpc) is 3.49. The van der Waals surface area contributed by atoms with Gasteiger partial charge in [-0.25, -0.2) is 4.98 Å². The highest BCUT2D eigenvalue weighted by atomic mass is 16.2. The van der Waals surface area contributed by atoms with E-state index in [1.165, 1.54) is 0 Å². The van der Waals surface area contributed by atoms with Crippen LogP contribution < -0.4 is 0 Å². The van der Waals surface area contributed by atoms with Crippen LogP contribution in [0.1, 0.15) is 23.7 Å². The van der Waals surface area contributed by atoms with Crippen LogP contribution in [0.5, 0.6) is 0 Å². The fourth-order valence-electron chi connectivity index (χ4n) is 4.38. The molecule has 0 aliphatic carbocycles. The molecule has 0 bridgehead atoms. The Morgan fingerprint density at radius 2 is 2.03 bits per heavy atom. The van der Waals surface area contributed by atoms with E-state index in [-0.39, 0.29) is 11.9 Å². The van der Waals surface area contributed by atoms with Crippen LogP contribution in [0.4, 0.5) is 0 Å². The lowest BCUT2D eigenvalue weighted by molar-refractivity contribution is 0.0742. The van der Waals surface area contributed by atoms with Crippen LogP contribution >= 0.6 is 0 Å². The lowest BCUT2D eigenvalue weighted by atomic mass is 10.1. The second-order valence-corrected chi connectivity index (χ2v) is 7.86. The van der Waals surface area contributed by atoms with Crippen molar-refractivity contribution in [2.24, 2.45) is 5.92 Å². The SMILES string of the molecule is C[C@@H]1C[C@H](Cn2cnc3cc(-c4cn[nH]c4)ccc32)CN1C(=O)c1ccccc1. The molecule has 0 unspecified atom stereocenters. The van der Waals surface area contributed by atoms with Gasteiger partial charge in [0.2, 0.25) is 0 Å². The van der Waals surface area contributed by atoms with Crippen molar-refractivity contribution in [3.05, 3.63) is 72.8 Å². The van der Waals surface area contributed by atoms with E-state index < -0.39 is 0 Å². The number of rotatable bonds is 4. The fourth-order valence-corrected chi connectivity index (χ4v) is 4.38. The summed E-state index contributed by atoms with van der Waals surface area (Å²) >= 11 is 0. The molecule has 3 heterocycles. The molecule has 1 N–H and O–H groups in total. The average molecular weight is 385 g/mol. The second-order valence-electron chi connectivity index (χ2n) is 7.86. The smallest absolute Gasteiger partial charge is 0.254 e. The molecule has 6 nitrogen and oxygen atoms in total. The highest BCUT2D eigenvalue weighted by molar-refractivity contribution is 5.94. The predicted molar refractivity (Wildman–Crippen MR) is 112 cm³/mol. The number of aromatic amines is 1. The molecular weight excluding hydrogens is 362 g/mol. The molecule has 0 saturated carbocycles. The van der Waals surface area contributed by atoms with Gasteiger partial charge in [-0.3, -0.25) is 9.89 Å². The zero-order valence-electron chi connectivity index (χ0n) is 16.3. The molecule has 1 aliphatic rings. The van der Waals surface area contributed by atoms with Gasteiger partial charge < -0.3 is 9.47 Å². The van der Waals surface area contributed by atoms with Gasteiger partial charge in [0.05, 0.1) is 23.6 Å². The summed E-state index contributed by atoms with van der Waals surface area (Å²) in [5.74, 6) is 0.546. The number of benzene rings is 2. The van der Waals surface area contributed by atoms with Crippen molar-refractivity contribution in [1.82, 2.24) is 24.6 Å². The molecule has 2 aromatic carbocycles. The summed E-state index contributed by atoms with van der Waals surface area (Å²) < 4.78 is 2.21. The van der Waals surface area contributed by atoms with Crippen molar-refractivity contribution in [2.45, 2.75) is 25.9 Å². The first kappa shape index (κ1) is 17.7. The van der Waals surface area contributed by atoms with Crippen LogP contribution in [0.3, 0.4) is 0 Å². The summed E-state index contributed by atoms with van der Waals surface area (Å²) in [6.07, 6.45) is 6.62. The van der Waals surface area contributed by atoms with Gasteiger partial charge in [-0.2, -0.15) is 5.10 Å². The van der Waals surface area contributed by atoms with Crippen LogP contribution in [0, 0.1) is 5.92 Å². The molecule has 1 fully saturated rings. The van der Waals surface area contributed by atoms with E-state index >= 15 is 0 Å². The first-order chi connectivity index (χ1) is 14.2. The summed E-state index contributed by atoms with van der Waals surface area (Å²) in [5.41, 5.74) is 5.02. The number of carbonyl (C=O) groups is 1. The van der Waals surface area contributed by atoms with E-state index in [9.17, 15) is 4.79 Å². The Kier molecular flexibility index (Phi) is 4.39. The first-order valence-corrected chi connectivity index (χ1v) is 9.99. The van der Waals surface area contributed by atoms with Gasteiger partial charge >= 0.3 is 0 Å². The topological polar surface area (TPSA) is 66.8 Å². The van der Waals surface area contributed by atoms with E-state index in [1.807, 2.05) is 54.0 Å². The van der Waals surface area contributed by atoms with Crippen molar-refractivity contribution in [3.63, 3.8) is 0 Å². The predicted octanol–water partition coefficient (Wildman–Crippen LogP) is 3.98. The van der Waals surface area contributed by atoms with Gasteiger partial charge in [0, 0.05) is 36.5 Å². The third-order valence-electron chi connectivity index (χ3n) is 5.85. The molecule has 29 heavy (non-hydrogen) atoms. The normalized spacial score (nSPS) is 19.1. The molecule has 1 aliphatic heterocycles. The number of nitrogens with one attached hydrogen (secondary N) is 1. The highest BCUT2D eigenvalue weighted by Crippen LogP contribution is 2.28. The van der Waals surface area contributed by atoms with Crippen LogP contribution in [0.2, 0.25) is 0 Å². The third-order valence-corrected chi connectivity index (χ3v) is 5.85. The fraction of sp³-hybridized carbons (Fsp3) is 0.261. The summed E-state index contributed by atoms with van der Waals surface area (Å²) in [7, 11) is 0. The highest BCUT2D eigenvalue weighted by Gasteiger charge is 2.33. The number of carbonyl (C=O) groups excluding carboxylic acids is 1. The first-order valence-electron chi connectivity index (χ1n) is 9.99. The molecule has 2 atom stereocenters. The van der Waals surface area contributed by atoms with E-state index in [4.69, 9.17) is 0 Å². The number of fused-ring (bicyclic) bond motifs is 1. The molecule has 0 spiro atoms. The van der Waals surface area contributed by atoms with E-state index in [1.54, 1.807) is 0 Å². The maximum Gasteiger partial charge on any atom is 0.254 e. The maximum atomic E-state index is 12.9. The van der Waals surface area contributed by atoms with Gasteiger partial charge in [0.15, 0.2) is 0 Å². The number of imidazole rings is 1. The van der Waals surface area contributed by atoms with Gasteiger partial charge in [0.1, 0.15) is 0 Å². The molecule has 5 rings (SSSR count). The minimum Gasteiger partial charge on any atom is -0.336 e.